The van der Waals surface area contributed by atoms with Gasteiger partial charge in [0.05, 0.1) is 38.9 Å². The number of halogens is 2. The van der Waals surface area contributed by atoms with E-state index >= 15 is 8.78 Å². The summed E-state index contributed by atoms with van der Waals surface area (Å²) in [5.74, 6) is 2.07. The molecule has 0 radical (unpaired) electrons. The Hall–Kier alpha value is -3.76. The number of hydrogen-bond donors (Lipinski definition) is 0. The van der Waals surface area contributed by atoms with Crippen LogP contribution in [0.15, 0.2) is 29.4 Å². The van der Waals surface area contributed by atoms with Crippen LogP contribution >= 0.6 is 0 Å². The van der Waals surface area contributed by atoms with Crippen LogP contribution in [0.4, 0.5) is 19.4 Å². The van der Waals surface area contributed by atoms with Crippen molar-refractivity contribution in [2.24, 2.45) is 0 Å². The third kappa shape index (κ3) is 8.85. The highest BCUT2D eigenvalue weighted by Crippen LogP contribution is 2.46. The number of ether oxygens (including phenoxy) is 4. The average molecular weight is 915 g/mol. The molecule has 2 fully saturated rings. The van der Waals surface area contributed by atoms with Gasteiger partial charge in [0.15, 0.2) is 22.8 Å². The molecule has 2 aromatic heterocycles. The van der Waals surface area contributed by atoms with E-state index in [0.717, 1.165) is 0 Å². The number of nitrogens with zero attached hydrogens (tertiary/aromatic N) is 5. The zero-order valence-corrected chi connectivity index (χ0v) is 40.2. The van der Waals surface area contributed by atoms with Crippen molar-refractivity contribution < 1.29 is 45.7 Å². The van der Waals surface area contributed by atoms with Crippen LogP contribution in [0.2, 0.25) is 16.6 Å². The molecule has 2 aromatic carbocycles. The number of rotatable bonds is 12. The lowest BCUT2D eigenvalue weighted by Crippen LogP contribution is -2.66. The monoisotopic (exact) mass is 914 g/mol. The van der Waals surface area contributed by atoms with Crippen molar-refractivity contribution in [3.05, 3.63) is 47.2 Å². The van der Waals surface area contributed by atoms with Crippen molar-refractivity contribution in [3.8, 4) is 28.5 Å². The molecule has 2 bridgehead atoms. The number of amides is 1. The van der Waals surface area contributed by atoms with Crippen LogP contribution in [0.5, 0.6) is 5.75 Å². The molecule has 2 saturated heterocycles. The SMILES string of the molecule is [2H]C([2H])([2H])OCC12CCC(CN(c3nc([S+]([O-])[S+](C)[O-])nc4c(F)c(-c5cc(OCOC)cc6ccc(F)c(C#C[Si](C(C)C)(C(C)C)C(C)C)c56)nc(C)c34)C1)N2C(=O)OC(C)(C)C. The molecule has 0 spiro atoms. The number of carbonyl (C=O) groups is 1. The minimum atomic E-state index is -2.79. The normalized spacial score (nSPS) is 20.0. The quantitative estimate of drug-likeness (QED) is 0.0335. The topological polar surface area (TPSA) is 145 Å². The smallest absolute Gasteiger partial charge is 0.411 e. The number of pyridine rings is 1. The molecule has 0 aliphatic carbocycles. The molecule has 4 heterocycles. The number of carbonyl (C=O) groups excluding carboxylic acids is 1. The maximum Gasteiger partial charge on any atom is 0.411 e. The maximum atomic E-state index is 17.9. The zero-order chi connectivity index (χ0) is 48.1. The minimum Gasteiger partial charge on any atom is -0.571 e. The average Bonchev–Trinajstić information content (AvgIpc) is 3.45. The van der Waals surface area contributed by atoms with Crippen LogP contribution in [0.1, 0.15) is 90.5 Å². The summed E-state index contributed by atoms with van der Waals surface area (Å²) in [5, 5.41) is 0.509. The molecule has 62 heavy (non-hydrogen) atoms. The van der Waals surface area contributed by atoms with Crippen molar-refractivity contribution in [1.82, 2.24) is 19.9 Å². The van der Waals surface area contributed by atoms with Crippen molar-refractivity contribution in [3.63, 3.8) is 0 Å². The fourth-order valence-electron chi connectivity index (χ4n) is 9.64. The van der Waals surface area contributed by atoms with Gasteiger partial charge < -0.3 is 33.0 Å². The molecule has 0 N–H and O–H groups in total. The molecule has 4 unspecified atom stereocenters. The second-order valence-electron chi connectivity index (χ2n) is 18.2. The lowest BCUT2D eigenvalue weighted by Gasteiger charge is -2.49. The van der Waals surface area contributed by atoms with Gasteiger partial charge in [0.1, 0.15) is 48.5 Å². The number of methoxy groups -OCH3 is 2. The summed E-state index contributed by atoms with van der Waals surface area (Å²) in [6.45, 7) is 19.3. The number of benzene rings is 2. The van der Waals surface area contributed by atoms with E-state index in [9.17, 15) is 13.9 Å². The van der Waals surface area contributed by atoms with Gasteiger partial charge in [0.25, 0.3) is 10.2 Å². The highest BCUT2D eigenvalue weighted by atomic mass is 33.2. The highest BCUT2D eigenvalue weighted by Gasteiger charge is 2.55. The van der Waals surface area contributed by atoms with Gasteiger partial charge in [-0.2, -0.15) is 9.97 Å². The van der Waals surface area contributed by atoms with Gasteiger partial charge in [-0.3, -0.25) is 4.90 Å². The second kappa shape index (κ2) is 18.4. The first-order chi connectivity index (χ1) is 30.2. The molecule has 4 aromatic rings. The first-order valence-electron chi connectivity index (χ1n) is 22.2. The Balaban J connectivity index is 1.63. The third-order valence-electron chi connectivity index (χ3n) is 12.2. The van der Waals surface area contributed by atoms with Crippen LogP contribution in [-0.4, -0.2) is 107 Å². The van der Waals surface area contributed by atoms with E-state index in [0.29, 0.717) is 23.6 Å². The molecular weight excluding hydrogens is 853 g/mol. The third-order valence-corrected chi connectivity index (χ3v) is 21.1. The molecule has 17 heteroatoms. The van der Waals surface area contributed by atoms with Crippen LogP contribution < -0.4 is 9.64 Å². The van der Waals surface area contributed by atoms with E-state index in [1.807, 2.05) is 0 Å². The van der Waals surface area contributed by atoms with Gasteiger partial charge in [0, 0.05) is 38.2 Å². The van der Waals surface area contributed by atoms with Crippen molar-refractivity contribution >= 4 is 62.1 Å². The number of aryl methyl sites for hydroxylation is 1. The van der Waals surface area contributed by atoms with E-state index in [1.165, 1.54) is 24.3 Å². The maximum absolute atomic E-state index is 17.9. The predicted molar refractivity (Wildman–Crippen MR) is 244 cm³/mol. The van der Waals surface area contributed by atoms with Gasteiger partial charge in [-0.15, -0.1) is 5.54 Å². The summed E-state index contributed by atoms with van der Waals surface area (Å²) in [7, 11) is -8.07. The van der Waals surface area contributed by atoms with Gasteiger partial charge in [0.2, 0.25) is 0 Å². The Morgan fingerprint density at radius 2 is 1.76 bits per heavy atom. The van der Waals surface area contributed by atoms with Crippen LogP contribution in [0.3, 0.4) is 0 Å². The van der Waals surface area contributed by atoms with Gasteiger partial charge in [-0.05, 0) is 80.7 Å². The van der Waals surface area contributed by atoms with Crippen molar-refractivity contribution in [2.45, 2.75) is 121 Å². The Kier molecular flexibility index (Phi) is 12.9. The lowest BCUT2D eigenvalue weighted by molar-refractivity contribution is -0.0261. The first-order valence-corrected chi connectivity index (χ1v) is 26.2. The number of aromatic nitrogens is 3. The Morgan fingerprint density at radius 1 is 1.06 bits per heavy atom. The molecule has 2 aliphatic heterocycles. The van der Waals surface area contributed by atoms with Gasteiger partial charge >= 0.3 is 11.2 Å². The Bertz CT molecular complexity index is 2500. The summed E-state index contributed by atoms with van der Waals surface area (Å²) in [6.07, 6.45) is 1.36. The van der Waals surface area contributed by atoms with E-state index in [-0.39, 0.29) is 81.5 Å². The molecular formula is C45H59F2N5O7S2Si. The predicted octanol–water partition coefficient (Wildman–Crippen LogP) is 8.99. The summed E-state index contributed by atoms with van der Waals surface area (Å²) < 4.78 is 107. The van der Waals surface area contributed by atoms with Crippen LogP contribution in [0, 0.1) is 30.0 Å². The Labute approximate surface area is 374 Å². The van der Waals surface area contributed by atoms with E-state index < -0.39 is 82.2 Å². The Morgan fingerprint density at radius 3 is 2.37 bits per heavy atom. The lowest BCUT2D eigenvalue weighted by atomic mass is 9.95. The van der Waals surface area contributed by atoms with E-state index in [2.05, 4.69) is 63.0 Å². The minimum absolute atomic E-state index is 0.0478. The molecule has 1 amide bonds. The molecule has 0 saturated carbocycles. The van der Waals surface area contributed by atoms with E-state index in [4.69, 9.17) is 28.0 Å². The van der Waals surface area contributed by atoms with Crippen LogP contribution in [0.25, 0.3) is 32.9 Å². The summed E-state index contributed by atoms with van der Waals surface area (Å²) in [4.78, 5) is 31.1. The molecule has 4 atom stereocenters. The fourth-order valence-corrected chi connectivity index (χ4v) is 16.2. The number of anilines is 1. The summed E-state index contributed by atoms with van der Waals surface area (Å²) in [5.41, 5.74) is 2.18. The molecule has 2 aliphatic rings. The number of piperazine rings is 1. The van der Waals surface area contributed by atoms with Crippen LogP contribution in [-0.2, 0) is 34.6 Å². The summed E-state index contributed by atoms with van der Waals surface area (Å²) >= 11 is 0. The van der Waals surface area contributed by atoms with Crippen molar-refractivity contribution in [1.29, 1.82) is 0 Å². The largest absolute Gasteiger partial charge is 0.571 e. The summed E-state index contributed by atoms with van der Waals surface area (Å²) in [6, 6.07) is 5.60. The van der Waals surface area contributed by atoms with Gasteiger partial charge in [-0.1, -0.05) is 53.5 Å². The molecule has 12 nitrogen and oxygen atoms in total. The molecule has 336 valence electrons. The zero-order valence-electron chi connectivity index (χ0n) is 40.5. The molecule has 6 rings (SSSR count). The van der Waals surface area contributed by atoms with Crippen molar-refractivity contribution in [2.75, 3.05) is 51.8 Å². The van der Waals surface area contributed by atoms with Gasteiger partial charge in [-0.25, -0.2) is 18.6 Å². The second-order valence-corrected chi connectivity index (χ2v) is 27.7. The number of fused-ring (bicyclic) bond motifs is 4. The highest BCUT2D eigenvalue weighted by molar-refractivity contribution is 8.66. The standard InChI is InChI=1S/C45H59F2N5O7S2Si/c1-26(2)62(27(3)4,28(5)6)19-17-33-35(46)15-14-30-20-32(58-25-57-12)21-34(37(30)33)39-38(47)40-36(29(7)48-39)41(50-42(49-40)61(55)60(13)54)51-22-31-16-18-45(23-51,24-56-11)52(31)43(53)59-44(8,9)10/h14-15,20-21,26-28,31H,16,18,22-25H2,1-13H3/i11D3. The first kappa shape index (κ1) is 43.5. The fraction of sp³-hybridized carbons (Fsp3) is 0.556. The van der Waals surface area contributed by atoms with E-state index in [1.54, 1.807) is 50.8 Å². The number of hydrogen-bond acceptors (Lipinski definition) is 11.